The van der Waals surface area contributed by atoms with Crippen LogP contribution in [-0.2, 0) is 9.59 Å². The quantitative estimate of drug-likeness (QED) is 0.249. The van der Waals surface area contributed by atoms with Gasteiger partial charge in [0.1, 0.15) is 12.0 Å². The Kier molecular flexibility index (Phi) is 6.46. The third kappa shape index (κ3) is 4.78. The predicted octanol–water partition coefficient (Wildman–Crippen LogP) is 2.89. The highest BCUT2D eigenvalue weighted by atomic mass is 16.2. The van der Waals surface area contributed by atoms with E-state index in [9.17, 15) is 14.4 Å². The number of Topliss-reactive ketones (excluding diaryl/α,β-unsaturated/α-hetero) is 2. The minimum Gasteiger partial charge on any atom is -0.374 e. The first kappa shape index (κ1) is 21.1. The van der Waals surface area contributed by atoms with Crippen LogP contribution in [0.2, 0.25) is 0 Å². The summed E-state index contributed by atoms with van der Waals surface area (Å²) < 4.78 is 0. The molecule has 2 aromatic carbocycles. The number of nitrogens with zero attached hydrogens (tertiary/aromatic N) is 4. The maximum absolute atomic E-state index is 12.3. The molecule has 3 aromatic rings. The van der Waals surface area contributed by atoms with E-state index in [0.29, 0.717) is 5.56 Å². The highest BCUT2D eigenvalue weighted by Gasteiger charge is 2.22. The molecule has 7 heteroatoms. The van der Waals surface area contributed by atoms with Gasteiger partial charge in [0.2, 0.25) is 0 Å². The molecule has 0 atom stereocenters. The molecule has 0 N–H and O–H groups in total. The van der Waals surface area contributed by atoms with Gasteiger partial charge in [-0.05, 0) is 35.5 Å². The van der Waals surface area contributed by atoms with Gasteiger partial charge in [-0.2, -0.15) is 0 Å². The molecular weight excluding hydrogens is 404 g/mol. The number of hydrogen-bond acceptors (Lipinski definition) is 7. The third-order valence-corrected chi connectivity index (χ3v) is 5.37. The molecule has 7 nitrogen and oxygen atoms in total. The molecule has 1 aliphatic heterocycles. The zero-order valence-electron chi connectivity index (χ0n) is 17.4. The first-order valence-electron chi connectivity index (χ1n) is 10.3. The molecule has 1 aliphatic rings. The number of ketones is 2. The Bertz CT molecular complexity index is 1150. The largest absolute Gasteiger partial charge is 0.374 e. The summed E-state index contributed by atoms with van der Waals surface area (Å²) in [4.78, 5) is 47.1. The summed E-state index contributed by atoms with van der Waals surface area (Å²) in [5, 5.41) is 0. The monoisotopic (exact) mass is 426 g/mol. The van der Waals surface area contributed by atoms with Crippen LogP contribution in [0.4, 0.5) is 5.69 Å². The summed E-state index contributed by atoms with van der Waals surface area (Å²) in [6.07, 6.45) is 6.94. The smallest absolute Gasteiger partial charge is 0.267 e. The number of rotatable bonds is 7. The molecule has 4 rings (SSSR count). The van der Waals surface area contributed by atoms with Gasteiger partial charge in [-0.1, -0.05) is 42.5 Å². The van der Waals surface area contributed by atoms with Crippen LogP contribution in [0, 0.1) is 0 Å². The van der Waals surface area contributed by atoms with Crippen molar-refractivity contribution < 1.29 is 14.4 Å². The molecule has 1 aromatic heterocycles. The van der Waals surface area contributed by atoms with Gasteiger partial charge in [-0.25, -0.2) is 9.97 Å². The Hall–Kier alpha value is -4.13. The summed E-state index contributed by atoms with van der Waals surface area (Å²) in [6, 6.07) is 17.9. The van der Waals surface area contributed by atoms with Crippen LogP contribution in [0.1, 0.15) is 16.1 Å². The number of piperazine rings is 1. The van der Waals surface area contributed by atoms with Crippen molar-refractivity contribution in [1.29, 1.82) is 0 Å². The van der Waals surface area contributed by atoms with Gasteiger partial charge < -0.3 is 9.80 Å². The van der Waals surface area contributed by atoms with Gasteiger partial charge in [-0.15, -0.1) is 0 Å². The van der Waals surface area contributed by atoms with E-state index in [-0.39, 0.29) is 12.0 Å². The highest BCUT2D eigenvalue weighted by molar-refractivity contribution is 6.61. The Labute approximate surface area is 186 Å². The van der Waals surface area contributed by atoms with Gasteiger partial charge in [0.05, 0.1) is 0 Å². The van der Waals surface area contributed by atoms with E-state index >= 15 is 0 Å². The maximum Gasteiger partial charge on any atom is 0.267 e. The molecule has 160 valence electrons. The van der Waals surface area contributed by atoms with E-state index in [1.54, 1.807) is 0 Å². The van der Waals surface area contributed by atoms with E-state index in [1.807, 2.05) is 42.5 Å². The van der Waals surface area contributed by atoms with Crippen molar-refractivity contribution in [3.63, 3.8) is 0 Å². The average molecular weight is 426 g/mol. The van der Waals surface area contributed by atoms with Crippen molar-refractivity contribution in [2.24, 2.45) is 0 Å². The first-order valence-corrected chi connectivity index (χ1v) is 10.3. The molecular formula is C25H22N4O3. The Morgan fingerprint density at radius 1 is 0.938 bits per heavy atom. The van der Waals surface area contributed by atoms with Crippen LogP contribution in [-0.4, -0.2) is 58.9 Å². The summed E-state index contributed by atoms with van der Waals surface area (Å²) >= 11 is 0. The van der Waals surface area contributed by atoms with Crippen LogP contribution in [0.5, 0.6) is 0 Å². The molecule has 0 unspecified atom stereocenters. The SMILES string of the molecule is O=CC(=O)C(=O)c1ncncc1-c1cccc(N2CCN(C=Cc3ccccc3)CC2)c1. The second kappa shape index (κ2) is 9.78. The molecule has 0 radical (unpaired) electrons. The van der Waals surface area contributed by atoms with Crippen molar-refractivity contribution in [2.75, 3.05) is 31.1 Å². The van der Waals surface area contributed by atoms with E-state index in [4.69, 9.17) is 0 Å². The topological polar surface area (TPSA) is 83.5 Å². The lowest BCUT2D eigenvalue weighted by molar-refractivity contribution is -0.126. The summed E-state index contributed by atoms with van der Waals surface area (Å²) in [6.45, 7) is 3.48. The Balaban J connectivity index is 1.48. The van der Waals surface area contributed by atoms with Crippen LogP contribution in [0.15, 0.2) is 73.3 Å². The third-order valence-electron chi connectivity index (χ3n) is 5.37. The first-order chi connectivity index (χ1) is 15.7. The molecule has 0 aliphatic carbocycles. The van der Waals surface area contributed by atoms with Crippen molar-refractivity contribution in [3.8, 4) is 11.1 Å². The van der Waals surface area contributed by atoms with Gasteiger partial charge in [-0.3, -0.25) is 14.4 Å². The number of carbonyl (C=O) groups is 3. The average Bonchev–Trinajstić information content (AvgIpc) is 2.87. The van der Waals surface area contributed by atoms with Gasteiger partial charge in [0.15, 0.2) is 6.29 Å². The number of aldehydes is 1. The number of carbonyl (C=O) groups excluding carboxylic acids is 3. The van der Waals surface area contributed by atoms with Crippen LogP contribution in [0.3, 0.4) is 0 Å². The number of benzene rings is 2. The number of hydrogen-bond donors (Lipinski definition) is 0. The van der Waals surface area contributed by atoms with Crippen LogP contribution < -0.4 is 4.90 Å². The minimum atomic E-state index is -1.12. The fourth-order valence-electron chi connectivity index (χ4n) is 3.65. The summed E-state index contributed by atoms with van der Waals surface area (Å²) in [7, 11) is 0. The fourth-order valence-corrected chi connectivity index (χ4v) is 3.65. The van der Waals surface area contributed by atoms with E-state index in [2.05, 4.69) is 44.2 Å². The number of aromatic nitrogens is 2. The van der Waals surface area contributed by atoms with Crippen molar-refractivity contribution in [1.82, 2.24) is 14.9 Å². The lowest BCUT2D eigenvalue weighted by atomic mass is 10.0. The fraction of sp³-hybridized carbons (Fsp3) is 0.160. The Morgan fingerprint density at radius 3 is 2.47 bits per heavy atom. The van der Waals surface area contributed by atoms with E-state index < -0.39 is 11.6 Å². The second-order valence-electron chi connectivity index (χ2n) is 7.40. The van der Waals surface area contributed by atoms with E-state index in [0.717, 1.165) is 37.4 Å². The molecule has 1 fully saturated rings. The predicted molar refractivity (Wildman–Crippen MR) is 122 cm³/mol. The summed E-state index contributed by atoms with van der Waals surface area (Å²) in [5.74, 6) is -2.05. The number of anilines is 1. The molecule has 32 heavy (non-hydrogen) atoms. The molecule has 2 heterocycles. The van der Waals surface area contributed by atoms with E-state index in [1.165, 1.54) is 18.1 Å². The second-order valence-corrected chi connectivity index (χ2v) is 7.40. The molecule has 0 bridgehead atoms. The lowest BCUT2D eigenvalue weighted by Crippen LogP contribution is -2.44. The Morgan fingerprint density at radius 2 is 1.72 bits per heavy atom. The highest BCUT2D eigenvalue weighted by Crippen LogP contribution is 2.27. The van der Waals surface area contributed by atoms with Crippen LogP contribution >= 0.6 is 0 Å². The molecule has 0 spiro atoms. The lowest BCUT2D eigenvalue weighted by Gasteiger charge is -2.35. The standard InChI is InChI=1S/C25H22N4O3/c30-17-23(31)25(32)24-22(16-26-18-27-24)20-7-4-8-21(15-20)29-13-11-28(12-14-29)10-9-19-5-2-1-3-6-19/h1-10,15-18H,11-14H2. The van der Waals surface area contributed by atoms with Gasteiger partial charge in [0, 0.05) is 43.6 Å². The maximum atomic E-state index is 12.3. The zero-order valence-corrected chi connectivity index (χ0v) is 17.4. The summed E-state index contributed by atoms with van der Waals surface area (Å²) in [5.41, 5.74) is 3.27. The minimum absolute atomic E-state index is 0.0103. The normalized spacial score (nSPS) is 13.9. The zero-order chi connectivity index (χ0) is 22.3. The van der Waals surface area contributed by atoms with Crippen molar-refractivity contribution >= 4 is 29.6 Å². The van der Waals surface area contributed by atoms with Crippen molar-refractivity contribution in [2.45, 2.75) is 0 Å². The molecule has 0 saturated carbocycles. The van der Waals surface area contributed by atoms with Crippen LogP contribution in [0.25, 0.3) is 17.2 Å². The van der Waals surface area contributed by atoms with Gasteiger partial charge >= 0.3 is 0 Å². The van der Waals surface area contributed by atoms with Crippen molar-refractivity contribution in [3.05, 3.63) is 84.6 Å². The van der Waals surface area contributed by atoms with Gasteiger partial charge in [0.25, 0.3) is 11.6 Å². The molecule has 0 amide bonds. The molecule has 1 saturated heterocycles.